The second-order valence-corrected chi connectivity index (χ2v) is 6.66. The molecule has 0 bridgehead atoms. The highest BCUT2D eigenvalue weighted by Gasteiger charge is 2.21. The highest BCUT2D eigenvalue weighted by molar-refractivity contribution is 7.13. The van der Waals surface area contributed by atoms with E-state index >= 15 is 0 Å². The second-order valence-electron chi connectivity index (χ2n) is 5.78. The van der Waals surface area contributed by atoms with Crippen molar-refractivity contribution < 1.29 is 14.0 Å². The molecule has 9 heteroatoms. The van der Waals surface area contributed by atoms with Gasteiger partial charge in [0.1, 0.15) is 5.82 Å². The summed E-state index contributed by atoms with van der Waals surface area (Å²) in [5.74, 6) is -0.680. The molecule has 1 fully saturated rings. The van der Waals surface area contributed by atoms with Gasteiger partial charge in [0.15, 0.2) is 5.13 Å². The van der Waals surface area contributed by atoms with Gasteiger partial charge in [-0.05, 0) is 24.3 Å². The summed E-state index contributed by atoms with van der Waals surface area (Å²) in [7, 11) is 0. The van der Waals surface area contributed by atoms with Crippen LogP contribution in [0, 0.1) is 5.82 Å². The van der Waals surface area contributed by atoms with Gasteiger partial charge in [0.2, 0.25) is 0 Å². The van der Waals surface area contributed by atoms with E-state index < -0.39 is 0 Å². The number of thiazole rings is 1. The van der Waals surface area contributed by atoms with Crippen LogP contribution < -0.4 is 15.5 Å². The van der Waals surface area contributed by atoms with Crippen molar-refractivity contribution in [2.24, 2.45) is 0 Å². The first kappa shape index (κ1) is 18.1. The number of urea groups is 1. The van der Waals surface area contributed by atoms with Crippen LogP contribution in [0.3, 0.4) is 0 Å². The van der Waals surface area contributed by atoms with Crippen LogP contribution in [0.15, 0.2) is 35.8 Å². The van der Waals surface area contributed by atoms with Crippen LogP contribution in [0.1, 0.15) is 10.4 Å². The van der Waals surface area contributed by atoms with E-state index in [1.807, 2.05) is 5.38 Å². The number of carbonyl (C=O) groups is 2. The average molecular weight is 377 g/mol. The SMILES string of the molecule is O=C(NCCNC(=O)N1CCN(c2nccs2)CC1)c1ccc(F)cc1. The molecule has 1 saturated heterocycles. The van der Waals surface area contributed by atoms with E-state index in [1.54, 1.807) is 22.4 Å². The number of aromatic nitrogens is 1. The van der Waals surface area contributed by atoms with Crippen LogP contribution in [-0.2, 0) is 0 Å². The van der Waals surface area contributed by atoms with Crippen LogP contribution in [0.2, 0.25) is 0 Å². The molecular weight excluding hydrogens is 357 g/mol. The molecule has 0 spiro atoms. The molecule has 2 aromatic rings. The molecule has 2 heterocycles. The number of hydrogen-bond acceptors (Lipinski definition) is 5. The first-order valence-electron chi connectivity index (χ1n) is 8.34. The molecule has 3 rings (SSSR count). The van der Waals surface area contributed by atoms with E-state index in [-0.39, 0.29) is 17.8 Å². The molecule has 1 aromatic heterocycles. The first-order chi connectivity index (χ1) is 12.6. The zero-order chi connectivity index (χ0) is 18.4. The summed E-state index contributed by atoms with van der Waals surface area (Å²) in [5.41, 5.74) is 0.385. The Balaban J connectivity index is 1.34. The summed E-state index contributed by atoms with van der Waals surface area (Å²) in [6, 6.07) is 5.18. The number of piperazine rings is 1. The lowest BCUT2D eigenvalue weighted by molar-refractivity contribution is 0.0953. The third kappa shape index (κ3) is 4.69. The Morgan fingerprint density at radius 3 is 2.42 bits per heavy atom. The highest BCUT2D eigenvalue weighted by atomic mass is 32.1. The largest absolute Gasteiger partial charge is 0.350 e. The fourth-order valence-corrected chi connectivity index (χ4v) is 3.33. The number of anilines is 1. The maximum absolute atomic E-state index is 12.8. The molecule has 0 saturated carbocycles. The fraction of sp³-hybridized carbons (Fsp3) is 0.353. The number of halogens is 1. The van der Waals surface area contributed by atoms with E-state index in [0.29, 0.717) is 31.7 Å². The minimum Gasteiger partial charge on any atom is -0.350 e. The maximum atomic E-state index is 12.8. The fourth-order valence-electron chi connectivity index (χ4n) is 2.63. The van der Waals surface area contributed by atoms with E-state index in [1.165, 1.54) is 24.3 Å². The van der Waals surface area contributed by atoms with Crippen molar-refractivity contribution >= 4 is 28.4 Å². The number of rotatable bonds is 5. The normalized spacial score (nSPS) is 14.2. The number of carbonyl (C=O) groups excluding carboxylic acids is 2. The van der Waals surface area contributed by atoms with Gasteiger partial charge in [-0.25, -0.2) is 14.2 Å². The monoisotopic (exact) mass is 377 g/mol. The van der Waals surface area contributed by atoms with Gasteiger partial charge in [0.05, 0.1) is 0 Å². The Bertz CT molecular complexity index is 730. The van der Waals surface area contributed by atoms with Crippen LogP contribution in [0.4, 0.5) is 14.3 Å². The molecule has 7 nitrogen and oxygen atoms in total. The molecule has 138 valence electrons. The molecule has 2 N–H and O–H groups in total. The number of nitrogens with zero attached hydrogens (tertiary/aromatic N) is 3. The van der Waals surface area contributed by atoms with Gasteiger partial charge >= 0.3 is 6.03 Å². The average Bonchev–Trinajstić information content (AvgIpc) is 3.20. The van der Waals surface area contributed by atoms with E-state index in [0.717, 1.165) is 18.2 Å². The van der Waals surface area contributed by atoms with Crippen molar-refractivity contribution in [3.8, 4) is 0 Å². The van der Waals surface area contributed by atoms with E-state index in [2.05, 4.69) is 20.5 Å². The third-order valence-electron chi connectivity index (χ3n) is 4.05. The Hall–Kier alpha value is -2.68. The van der Waals surface area contributed by atoms with Gasteiger partial charge in [-0.2, -0.15) is 0 Å². The topological polar surface area (TPSA) is 77.6 Å². The van der Waals surface area contributed by atoms with E-state index in [4.69, 9.17) is 0 Å². The van der Waals surface area contributed by atoms with Gasteiger partial charge in [0, 0.05) is 56.4 Å². The predicted molar refractivity (Wildman–Crippen MR) is 98.0 cm³/mol. The van der Waals surface area contributed by atoms with Crippen molar-refractivity contribution in [3.05, 3.63) is 47.2 Å². The summed E-state index contributed by atoms with van der Waals surface area (Å²) in [5, 5.41) is 8.41. The lowest BCUT2D eigenvalue weighted by Crippen LogP contribution is -2.52. The van der Waals surface area contributed by atoms with Crippen molar-refractivity contribution in [1.82, 2.24) is 20.5 Å². The summed E-state index contributed by atoms with van der Waals surface area (Å²) in [6.07, 6.45) is 1.78. The van der Waals surface area contributed by atoms with Crippen molar-refractivity contribution in [2.75, 3.05) is 44.2 Å². The highest BCUT2D eigenvalue weighted by Crippen LogP contribution is 2.18. The number of amides is 3. The number of hydrogen-bond donors (Lipinski definition) is 2. The summed E-state index contributed by atoms with van der Waals surface area (Å²) < 4.78 is 12.8. The number of nitrogens with one attached hydrogen (secondary N) is 2. The third-order valence-corrected chi connectivity index (χ3v) is 4.88. The van der Waals surface area contributed by atoms with Gasteiger partial charge in [0.25, 0.3) is 5.91 Å². The zero-order valence-corrected chi connectivity index (χ0v) is 15.0. The molecule has 0 atom stereocenters. The molecular formula is C17H20FN5O2S. The molecule has 0 aliphatic carbocycles. The van der Waals surface area contributed by atoms with Crippen LogP contribution in [0.25, 0.3) is 0 Å². The minimum atomic E-state index is -0.385. The molecule has 1 aliphatic rings. The molecule has 3 amide bonds. The lowest BCUT2D eigenvalue weighted by Gasteiger charge is -2.34. The number of benzene rings is 1. The van der Waals surface area contributed by atoms with Crippen LogP contribution in [0.5, 0.6) is 0 Å². The summed E-state index contributed by atoms with van der Waals surface area (Å²) in [6.45, 7) is 3.41. The zero-order valence-electron chi connectivity index (χ0n) is 14.2. The van der Waals surface area contributed by atoms with Gasteiger partial charge < -0.3 is 20.4 Å². The van der Waals surface area contributed by atoms with Crippen LogP contribution >= 0.6 is 11.3 Å². The maximum Gasteiger partial charge on any atom is 0.317 e. The van der Waals surface area contributed by atoms with Crippen molar-refractivity contribution in [3.63, 3.8) is 0 Å². The lowest BCUT2D eigenvalue weighted by atomic mass is 10.2. The smallest absolute Gasteiger partial charge is 0.317 e. The van der Waals surface area contributed by atoms with Gasteiger partial charge in [-0.15, -0.1) is 11.3 Å². The molecule has 0 radical (unpaired) electrons. The standard InChI is InChI=1S/C17H20FN5O2S/c18-14-3-1-13(2-4-14)15(24)19-5-6-20-16(25)22-8-10-23(11-9-22)17-21-7-12-26-17/h1-4,7,12H,5-6,8-11H2,(H,19,24)(H,20,25). The second kappa shape index (κ2) is 8.61. The molecule has 0 unspecified atom stereocenters. The molecule has 1 aromatic carbocycles. The van der Waals surface area contributed by atoms with Crippen molar-refractivity contribution in [2.45, 2.75) is 0 Å². The Labute approximate surface area is 154 Å². The van der Waals surface area contributed by atoms with Gasteiger partial charge in [-0.1, -0.05) is 0 Å². The minimum absolute atomic E-state index is 0.139. The Morgan fingerprint density at radius 2 is 1.77 bits per heavy atom. The molecule has 26 heavy (non-hydrogen) atoms. The summed E-state index contributed by atoms with van der Waals surface area (Å²) in [4.78, 5) is 32.3. The van der Waals surface area contributed by atoms with Gasteiger partial charge in [-0.3, -0.25) is 4.79 Å². The van der Waals surface area contributed by atoms with E-state index in [9.17, 15) is 14.0 Å². The first-order valence-corrected chi connectivity index (χ1v) is 9.22. The molecule has 1 aliphatic heterocycles. The summed E-state index contributed by atoms with van der Waals surface area (Å²) >= 11 is 1.59. The quantitative estimate of drug-likeness (QED) is 0.775. The van der Waals surface area contributed by atoms with Crippen molar-refractivity contribution in [1.29, 1.82) is 0 Å². The Morgan fingerprint density at radius 1 is 1.08 bits per heavy atom. The van der Waals surface area contributed by atoms with Crippen LogP contribution in [-0.4, -0.2) is 61.1 Å². The Kier molecular flexibility index (Phi) is 6.00. The predicted octanol–water partition coefficient (Wildman–Crippen LogP) is 1.54.